The van der Waals surface area contributed by atoms with Gasteiger partial charge in [-0.05, 0) is 42.5 Å². The van der Waals surface area contributed by atoms with Crippen LogP contribution in [0, 0.1) is 0 Å². The average molecular weight is 578 g/mol. The number of aliphatic imine (C=N–C) groups is 1. The molecular weight excluding hydrogens is 541 g/mol. The third-order valence-electron chi connectivity index (χ3n) is 6.15. The van der Waals surface area contributed by atoms with Crippen molar-refractivity contribution in [3.05, 3.63) is 66.0 Å². The van der Waals surface area contributed by atoms with Crippen molar-refractivity contribution in [2.45, 2.75) is 38.5 Å². The smallest absolute Gasteiger partial charge is 0.193 e. The molecule has 1 aromatic heterocycles. The highest BCUT2D eigenvalue weighted by Gasteiger charge is 2.21. The summed E-state index contributed by atoms with van der Waals surface area (Å²) >= 11 is 0. The molecule has 34 heavy (non-hydrogen) atoms. The van der Waals surface area contributed by atoms with E-state index < -0.39 is 0 Å². The molecule has 1 aliphatic rings. The van der Waals surface area contributed by atoms with Crippen molar-refractivity contribution in [1.29, 1.82) is 0 Å². The quantitative estimate of drug-likeness (QED) is 0.178. The molecule has 0 bridgehead atoms. The number of nitrogens with one attached hydrogen (secondary N) is 1. The molecule has 0 spiro atoms. The Labute approximate surface area is 219 Å². The normalized spacial score (nSPS) is 14.9. The standard InChI is InChI=1S/C26H35N5O2.HI/c1-27-26(30-14-12-23(13-15-30)33-17-5-16-32-2)28-18-21-8-10-22(11-9-21)19-31-20-29-24-6-3-4-7-25(24)31;/h3-4,6-11,20,23H,5,12-19H2,1-2H3,(H,27,28);1H. The molecule has 2 aromatic carbocycles. The van der Waals surface area contributed by atoms with Crippen LogP contribution in [0.25, 0.3) is 11.0 Å². The molecule has 3 aromatic rings. The molecule has 0 amide bonds. The lowest BCUT2D eigenvalue weighted by Crippen LogP contribution is -2.46. The minimum absolute atomic E-state index is 0. The first-order valence-electron chi connectivity index (χ1n) is 11.8. The summed E-state index contributed by atoms with van der Waals surface area (Å²) < 4.78 is 13.3. The van der Waals surface area contributed by atoms with Crippen molar-refractivity contribution in [3.63, 3.8) is 0 Å². The zero-order chi connectivity index (χ0) is 22.9. The van der Waals surface area contributed by atoms with Gasteiger partial charge < -0.3 is 24.3 Å². The number of methoxy groups -OCH3 is 1. The Balaban J connectivity index is 0.00000324. The Bertz CT molecular complexity index is 1030. The van der Waals surface area contributed by atoms with Crippen LogP contribution >= 0.6 is 24.0 Å². The first-order chi connectivity index (χ1) is 16.3. The molecule has 1 N–H and O–H groups in total. The summed E-state index contributed by atoms with van der Waals surface area (Å²) in [5.41, 5.74) is 4.70. The third-order valence-corrected chi connectivity index (χ3v) is 6.15. The molecule has 0 radical (unpaired) electrons. The van der Waals surface area contributed by atoms with E-state index in [0.29, 0.717) is 6.10 Å². The molecule has 1 fully saturated rings. The lowest BCUT2D eigenvalue weighted by molar-refractivity contribution is 0.00989. The van der Waals surface area contributed by atoms with Crippen LogP contribution in [0.3, 0.4) is 0 Å². The van der Waals surface area contributed by atoms with E-state index in [2.05, 4.69) is 61.2 Å². The van der Waals surface area contributed by atoms with Crippen LogP contribution in [-0.2, 0) is 22.6 Å². The van der Waals surface area contributed by atoms with Crippen LogP contribution in [0.4, 0.5) is 0 Å². The molecule has 0 unspecified atom stereocenters. The van der Waals surface area contributed by atoms with Crippen LogP contribution < -0.4 is 5.32 Å². The number of halogens is 1. The van der Waals surface area contributed by atoms with E-state index in [1.54, 1.807) is 7.11 Å². The van der Waals surface area contributed by atoms with Gasteiger partial charge >= 0.3 is 0 Å². The predicted octanol–water partition coefficient (Wildman–Crippen LogP) is 4.30. The van der Waals surface area contributed by atoms with E-state index in [0.717, 1.165) is 75.6 Å². The first-order valence-corrected chi connectivity index (χ1v) is 11.8. The van der Waals surface area contributed by atoms with Gasteiger partial charge in [0.05, 0.1) is 23.5 Å². The highest BCUT2D eigenvalue weighted by atomic mass is 127. The van der Waals surface area contributed by atoms with E-state index >= 15 is 0 Å². The summed E-state index contributed by atoms with van der Waals surface area (Å²) in [4.78, 5) is 11.3. The van der Waals surface area contributed by atoms with Gasteiger partial charge in [-0.2, -0.15) is 0 Å². The molecule has 8 heteroatoms. The Morgan fingerprint density at radius 3 is 2.53 bits per heavy atom. The lowest BCUT2D eigenvalue weighted by atomic mass is 10.1. The molecule has 2 heterocycles. The average Bonchev–Trinajstić information content (AvgIpc) is 3.27. The van der Waals surface area contributed by atoms with Gasteiger partial charge in [-0.25, -0.2) is 4.98 Å². The number of likely N-dealkylation sites (tertiary alicyclic amines) is 1. The molecule has 0 atom stereocenters. The number of fused-ring (bicyclic) bond motifs is 1. The summed E-state index contributed by atoms with van der Waals surface area (Å²) in [6.07, 6.45) is 5.28. The fourth-order valence-electron chi connectivity index (χ4n) is 4.30. The van der Waals surface area contributed by atoms with Crippen molar-refractivity contribution < 1.29 is 9.47 Å². The van der Waals surface area contributed by atoms with E-state index in [4.69, 9.17) is 9.47 Å². The Morgan fingerprint density at radius 2 is 1.79 bits per heavy atom. The topological polar surface area (TPSA) is 63.9 Å². The summed E-state index contributed by atoms with van der Waals surface area (Å²) in [6.45, 7) is 5.04. The molecule has 1 aliphatic heterocycles. The summed E-state index contributed by atoms with van der Waals surface area (Å²) in [5, 5.41) is 3.52. The van der Waals surface area contributed by atoms with Crippen LogP contribution in [-0.4, -0.2) is 67.0 Å². The maximum absolute atomic E-state index is 5.98. The largest absolute Gasteiger partial charge is 0.385 e. The minimum atomic E-state index is 0. The predicted molar refractivity (Wildman–Crippen MR) is 148 cm³/mol. The summed E-state index contributed by atoms with van der Waals surface area (Å²) in [5.74, 6) is 0.960. The van der Waals surface area contributed by atoms with Crippen molar-refractivity contribution >= 4 is 41.0 Å². The minimum Gasteiger partial charge on any atom is -0.385 e. The first kappa shape index (κ1) is 26.4. The monoisotopic (exact) mass is 577 g/mol. The van der Waals surface area contributed by atoms with E-state index in [1.165, 1.54) is 11.1 Å². The lowest BCUT2D eigenvalue weighted by Gasteiger charge is -2.34. The zero-order valence-corrected chi connectivity index (χ0v) is 22.5. The maximum Gasteiger partial charge on any atom is 0.193 e. The molecule has 4 rings (SSSR count). The van der Waals surface area contributed by atoms with E-state index in [1.807, 2.05) is 25.5 Å². The van der Waals surface area contributed by atoms with E-state index in [-0.39, 0.29) is 24.0 Å². The number of aromatic nitrogens is 2. The molecule has 7 nitrogen and oxygen atoms in total. The number of hydrogen-bond acceptors (Lipinski definition) is 4. The van der Waals surface area contributed by atoms with E-state index in [9.17, 15) is 0 Å². The second-order valence-corrected chi connectivity index (χ2v) is 8.48. The highest BCUT2D eigenvalue weighted by molar-refractivity contribution is 14.0. The van der Waals surface area contributed by atoms with Gasteiger partial charge in [0.15, 0.2) is 5.96 Å². The van der Waals surface area contributed by atoms with Crippen LogP contribution in [0.15, 0.2) is 59.9 Å². The van der Waals surface area contributed by atoms with Crippen molar-refractivity contribution in [2.24, 2.45) is 4.99 Å². The van der Waals surface area contributed by atoms with Gasteiger partial charge in [-0.3, -0.25) is 4.99 Å². The fourth-order valence-corrected chi connectivity index (χ4v) is 4.30. The Morgan fingerprint density at radius 1 is 1.06 bits per heavy atom. The second-order valence-electron chi connectivity index (χ2n) is 8.48. The molecule has 0 aliphatic carbocycles. The number of ether oxygens (including phenoxy) is 2. The molecule has 0 saturated carbocycles. The SMILES string of the molecule is CN=C(NCc1ccc(Cn2cnc3ccccc32)cc1)N1CCC(OCCCOC)CC1.I. The number of guanidine groups is 1. The Kier molecular flexibility index (Phi) is 10.6. The second kappa shape index (κ2) is 13.7. The number of nitrogens with zero attached hydrogens (tertiary/aromatic N) is 4. The van der Waals surface area contributed by atoms with Crippen LogP contribution in [0.5, 0.6) is 0 Å². The van der Waals surface area contributed by atoms with Gasteiger partial charge in [0.1, 0.15) is 0 Å². The molecule has 184 valence electrons. The highest BCUT2D eigenvalue weighted by Crippen LogP contribution is 2.16. The number of para-hydroxylation sites is 2. The van der Waals surface area contributed by atoms with Crippen LogP contribution in [0.1, 0.15) is 30.4 Å². The number of hydrogen-bond donors (Lipinski definition) is 1. The van der Waals surface area contributed by atoms with Crippen molar-refractivity contribution in [2.75, 3.05) is 40.5 Å². The number of imidazole rings is 1. The maximum atomic E-state index is 5.98. The molecular formula is C26H36IN5O2. The summed E-state index contributed by atoms with van der Waals surface area (Å²) in [6, 6.07) is 17.0. The summed E-state index contributed by atoms with van der Waals surface area (Å²) in [7, 11) is 3.59. The van der Waals surface area contributed by atoms with Crippen molar-refractivity contribution in [1.82, 2.24) is 19.8 Å². The van der Waals surface area contributed by atoms with Gasteiger partial charge in [0.25, 0.3) is 0 Å². The third kappa shape index (κ3) is 7.16. The van der Waals surface area contributed by atoms with Gasteiger partial charge in [-0.1, -0.05) is 36.4 Å². The van der Waals surface area contributed by atoms with Gasteiger partial charge in [-0.15, -0.1) is 24.0 Å². The van der Waals surface area contributed by atoms with Gasteiger partial charge in [0, 0.05) is 53.6 Å². The fraction of sp³-hybridized carbons (Fsp3) is 0.462. The number of piperidine rings is 1. The molecule has 1 saturated heterocycles. The number of rotatable bonds is 9. The van der Waals surface area contributed by atoms with Crippen molar-refractivity contribution in [3.8, 4) is 0 Å². The number of benzene rings is 2. The zero-order valence-electron chi connectivity index (χ0n) is 20.2. The van der Waals surface area contributed by atoms with Gasteiger partial charge in [0.2, 0.25) is 0 Å². The van der Waals surface area contributed by atoms with Crippen LogP contribution in [0.2, 0.25) is 0 Å². The Hall–Kier alpha value is -2.17.